The van der Waals surface area contributed by atoms with E-state index in [1.54, 1.807) is 0 Å². The van der Waals surface area contributed by atoms with Crippen LogP contribution in [0, 0.1) is 0 Å². The Labute approximate surface area is 114 Å². The van der Waals surface area contributed by atoms with Gasteiger partial charge in [0, 0.05) is 24.4 Å². The van der Waals surface area contributed by atoms with E-state index in [2.05, 4.69) is 10.6 Å². The molecule has 1 aliphatic heterocycles. The molecule has 0 saturated carbocycles. The van der Waals surface area contributed by atoms with Crippen LogP contribution in [-0.2, 0) is 4.79 Å². The molecule has 1 heterocycles. The first-order valence-corrected chi connectivity index (χ1v) is 6.95. The average molecular weight is 262 g/mol. The van der Waals surface area contributed by atoms with E-state index in [1.165, 1.54) is 0 Å². The van der Waals surface area contributed by atoms with Crippen LogP contribution in [0.25, 0.3) is 0 Å². The van der Waals surface area contributed by atoms with E-state index in [1.807, 2.05) is 38.1 Å². The lowest BCUT2D eigenvalue weighted by Gasteiger charge is -2.27. The average Bonchev–Trinajstić information content (AvgIpc) is 2.39. The standard InChI is InChI=1S/C15H22N2O2/c1-3-16-11(2)10-15(18)17-13-8-9-19-14-7-5-4-6-12(13)14/h4-7,11,13,16H,3,8-10H2,1-2H3,(H,17,18). The first kappa shape index (κ1) is 13.9. The third-order valence-electron chi connectivity index (χ3n) is 3.34. The lowest BCUT2D eigenvalue weighted by Crippen LogP contribution is -2.37. The van der Waals surface area contributed by atoms with Crippen LogP contribution in [0.2, 0.25) is 0 Å². The molecule has 4 nitrogen and oxygen atoms in total. The number of para-hydroxylation sites is 1. The van der Waals surface area contributed by atoms with Crippen LogP contribution >= 0.6 is 0 Å². The maximum atomic E-state index is 12.0. The van der Waals surface area contributed by atoms with Crippen molar-refractivity contribution >= 4 is 5.91 Å². The Hall–Kier alpha value is -1.55. The van der Waals surface area contributed by atoms with Crippen molar-refractivity contribution in [2.24, 2.45) is 0 Å². The number of hydrogen-bond donors (Lipinski definition) is 2. The zero-order valence-corrected chi connectivity index (χ0v) is 11.6. The Balaban J connectivity index is 1.95. The fourth-order valence-corrected chi connectivity index (χ4v) is 2.44. The topological polar surface area (TPSA) is 50.4 Å². The fourth-order valence-electron chi connectivity index (χ4n) is 2.44. The van der Waals surface area contributed by atoms with Gasteiger partial charge in [-0.25, -0.2) is 0 Å². The smallest absolute Gasteiger partial charge is 0.222 e. The lowest BCUT2D eigenvalue weighted by molar-refractivity contribution is -0.122. The highest BCUT2D eigenvalue weighted by molar-refractivity contribution is 5.77. The van der Waals surface area contributed by atoms with Gasteiger partial charge < -0.3 is 15.4 Å². The van der Waals surface area contributed by atoms with E-state index >= 15 is 0 Å². The quantitative estimate of drug-likeness (QED) is 0.853. The van der Waals surface area contributed by atoms with Gasteiger partial charge in [-0.2, -0.15) is 0 Å². The molecule has 0 aromatic heterocycles. The monoisotopic (exact) mass is 262 g/mol. The third kappa shape index (κ3) is 3.70. The van der Waals surface area contributed by atoms with E-state index in [0.29, 0.717) is 13.0 Å². The van der Waals surface area contributed by atoms with Crippen molar-refractivity contribution in [1.29, 1.82) is 0 Å². The second-order valence-electron chi connectivity index (χ2n) is 4.96. The third-order valence-corrected chi connectivity index (χ3v) is 3.34. The maximum absolute atomic E-state index is 12.0. The Morgan fingerprint density at radius 2 is 2.26 bits per heavy atom. The number of benzene rings is 1. The second-order valence-corrected chi connectivity index (χ2v) is 4.96. The predicted molar refractivity (Wildman–Crippen MR) is 75.2 cm³/mol. The number of hydrogen-bond acceptors (Lipinski definition) is 3. The molecular formula is C15H22N2O2. The summed E-state index contributed by atoms with van der Waals surface area (Å²) >= 11 is 0. The number of ether oxygens (including phenoxy) is 1. The summed E-state index contributed by atoms with van der Waals surface area (Å²) in [5, 5.41) is 6.35. The van der Waals surface area contributed by atoms with Crippen LogP contribution < -0.4 is 15.4 Å². The second kappa shape index (κ2) is 6.57. The van der Waals surface area contributed by atoms with Crippen molar-refractivity contribution in [3.05, 3.63) is 29.8 Å². The van der Waals surface area contributed by atoms with Crippen LogP contribution in [0.15, 0.2) is 24.3 Å². The number of fused-ring (bicyclic) bond motifs is 1. The summed E-state index contributed by atoms with van der Waals surface area (Å²) in [6.07, 6.45) is 1.34. The van der Waals surface area contributed by atoms with E-state index in [-0.39, 0.29) is 18.0 Å². The Morgan fingerprint density at radius 1 is 1.47 bits per heavy atom. The molecule has 0 radical (unpaired) electrons. The van der Waals surface area contributed by atoms with Crippen molar-refractivity contribution in [3.63, 3.8) is 0 Å². The Morgan fingerprint density at radius 3 is 3.05 bits per heavy atom. The van der Waals surface area contributed by atoms with Gasteiger partial charge in [-0.05, 0) is 19.5 Å². The fraction of sp³-hybridized carbons (Fsp3) is 0.533. The molecule has 1 aromatic carbocycles. The molecule has 2 rings (SSSR count). The summed E-state index contributed by atoms with van der Waals surface area (Å²) in [4.78, 5) is 12.0. The van der Waals surface area contributed by atoms with Crippen molar-refractivity contribution in [3.8, 4) is 5.75 Å². The van der Waals surface area contributed by atoms with E-state index in [4.69, 9.17) is 4.74 Å². The summed E-state index contributed by atoms with van der Waals surface area (Å²) in [6.45, 7) is 5.61. The molecule has 2 atom stereocenters. The molecule has 0 fully saturated rings. The maximum Gasteiger partial charge on any atom is 0.222 e. The van der Waals surface area contributed by atoms with E-state index < -0.39 is 0 Å². The number of rotatable bonds is 5. The normalized spacial score (nSPS) is 19.2. The molecule has 0 spiro atoms. The van der Waals surface area contributed by atoms with Crippen molar-refractivity contribution in [1.82, 2.24) is 10.6 Å². The van der Waals surface area contributed by atoms with Gasteiger partial charge in [0.05, 0.1) is 12.6 Å². The molecule has 0 aliphatic carbocycles. The van der Waals surface area contributed by atoms with Gasteiger partial charge in [-0.3, -0.25) is 4.79 Å². The summed E-state index contributed by atoms with van der Waals surface area (Å²) in [7, 11) is 0. The molecule has 1 aromatic rings. The lowest BCUT2D eigenvalue weighted by atomic mass is 10.0. The highest BCUT2D eigenvalue weighted by Gasteiger charge is 2.22. The first-order valence-electron chi connectivity index (χ1n) is 6.95. The van der Waals surface area contributed by atoms with Crippen LogP contribution in [0.5, 0.6) is 5.75 Å². The predicted octanol–water partition coefficient (Wildman–Crippen LogP) is 2.01. The summed E-state index contributed by atoms with van der Waals surface area (Å²) in [5.74, 6) is 0.980. The highest BCUT2D eigenvalue weighted by atomic mass is 16.5. The molecular weight excluding hydrogens is 240 g/mol. The molecule has 1 amide bonds. The molecule has 19 heavy (non-hydrogen) atoms. The van der Waals surface area contributed by atoms with E-state index in [0.717, 1.165) is 24.3 Å². The number of carbonyl (C=O) groups excluding carboxylic acids is 1. The van der Waals surface area contributed by atoms with E-state index in [9.17, 15) is 4.79 Å². The minimum Gasteiger partial charge on any atom is -0.493 e. The highest BCUT2D eigenvalue weighted by Crippen LogP contribution is 2.31. The molecule has 1 aliphatic rings. The van der Waals surface area contributed by atoms with Gasteiger partial charge in [-0.15, -0.1) is 0 Å². The SMILES string of the molecule is CCNC(C)CC(=O)NC1CCOc2ccccc21. The van der Waals surface area contributed by atoms with Crippen molar-refractivity contribution < 1.29 is 9.53 Å². The van der Waals surface area contributed by atoms with Gasteiger partial charge in [0.2, 0.25) is 5.91 Å². The number of nitrogens with one attached hydrogen (secondary N) is 2. The zero-order valence-electron chi connectivity index (χ0n) is 11.6. The van der Waals surface area contributed by atoms with Crippen LogP contribution in [0.3, 0.4) is 0 Å². The van der Waals surface area contributed by atoms with Crippen LogP contribution in [-0.4, -0.2) is 25.1 Å². The molecule has 104 valence electrons. The molecule has 4 heteroatoms. The Bertz CT molecular complexity index is 434. The molecule has 0 saturated heterocycles. The summed E-state index contributed by atoms with van der Waals surface area (Å²) in [6, 6.07) is 8.19. The molecule has 2 N–H and O–H groups in total. The van der Waals surface area contributed by atoms with Gasteiger partial charge in [0.1, 0.15) is 5.75 Å². The summed E-state index contributed by atoms with van der Waals surface area (Å²) in [5.41, 5.74) is 1.08. The minimum absolute atomic E-state index is 0.0753. The van der Waals surface area contributed by atoms with Crippen LogP contribution in [0.1, 0.15) is 38.3 Å². The molecule has 0 bridgehead atoms. The zero-order chi connectivity index (χ0) is 13.7. The van der Waals surface area contributed by atoms with Gasteiger partial charge in [0.15, 0.2) is 0 Å². The molecule has 2 unspecified atom stereocenters. The Kier molecular flexibility index (Phi) is 4.80. The number of carbonyl (C=O) groups is 1. The van der Waals surface area contributed by atoms with Crippen molar-refractivity contribution in [2.45, 2.75) is 38.8 Å². The van der Waals surface area contributed by atoms with Gasteiger partial charge in [-0.1, -0.05) is 25.1 Å². The van der Waals surface area contributed by atoms with Gasteiger partial charge >= 0.3 is 0 Å². The first-order chi connectivity index (χ1) is 9.20. The summed E-state index contributed by atoms with van der Waals surface area (Å²) < 4.78 is 5.59. The van der Waals surface area contributed by atoms with Crippen molar-refractivity contribution in [2.75, 3.05) is 13.2 Å². The number of amides is 1. The van der Waals surface area contributed by atoms with Gasteiger partial charge in [0.25, 0.3) is 0 Å². The minimum atomic E-state index is 0.0753. The van der Waals surface area contributed by atoms with Crippen LogP contribution in [0.4, 0.5) is 0 Å². The largest absolute Gasteiger partial charge is 0.493 e.